The molecule has 4 aromatic rings. The number of amides is 1. The number of hydrogen-bond donors (Lipinski definition) is 1. The largest absolute Gasteiger partial charge is 0.368 e. The molecule has 2 aromatic heterocycles. The summed E-state index contributed by atoms with van der Waals surface area (Å²) in [5.41, 5.74) is 10.9. The number of rotatable bonds is 4. The molecule has 0 radical (unpaired) electrons. The highest BCUT2D eigenvalue weighted by atomic mass is 19.1. The van der Waals surface area contributed by atoms with Crippen LogP contribution >= 0.6 is 0 Å². The third kappa shape index (κ3) is 3.93. The van der Waals surface area contributed by atoms with Gasteiger partial charge in [0, 0.05) is 30.9 Å². The zero-order valence-corrected chi connectivity index (χ0v) is 18.1. The molecular formula is C26H22FN5O. The van der Waals surface area contributed by atoms with Gasteiger partial charge in [0.2, 0.25) is 5.95 Å². The zero-order chi connectivity index (χ0) is 22.9. The topological polar surface area (TPSA) is 85.0 Å². The molecule has 0 aliphatic carbocycles. The molecule has 164 valence electrons. The summed E-state index contributed by atoms with van der Waals surface area (Å²) in [4.78, 5) is 28.4. The molecule has 3 heterocycles. The van der Waals surface area contributed by atoms with E-state index >= 15 is 0 Å². The SMILES string of the molecule is Cc1nc(N)nc2c1C(=O)N(Cc1ccccc1)[C@@H](c1ccc(F)cc1-c1cccnc1)C2. The molecule has 5 rings (SSSR count). The number of nitrogens with two attached hydrogens (primary N) is 1. The minimum atomic E-state index is -0.366. The number of benzene rings is 2. The summed E-state index contributed by atoms with van der Waals surface area (Å²) in [6.45, 7) is 2.17. The summed E-state index contributed by atoms with van der Waals surface area (Å²) in [5, 5.41) is 0. The first-order valence-electron chi connectivity index (χ1n) is 10.7. The first-order chi connectivity index (χ1) is 16.0. The van der Waals surface area contributed by atoms with Crippen LogP contribution in [0.5, 0.6) is 0 Å². The molecule has 0 saturated heterocycles. The Kier molecular flexibility index (Phi) is 5.30. The van der Waals surface area contributed by atoms with Crippen LogP contribution in [0.15, 0.2) is 73.1 Å². The molecule has 6 nitrogen and oxygen atoms in total. The molecule has 0 fully saturated rings. The van der Waals surface area contributed by atoms with E-state index in [1.165, 1.54) is 12.1 Å². The normalized spacial score (nSPS) is 15.4. The molecule has 0 saturated carbocycles. The molecular weight excluding hydrogens is 417 g/mol. The Morgan fingerprint density at radius 2 is 1.91 bits per heavy atom. The molecule has 33 heavy (non-hydrogen) atoms. The molecule has 0 bridgehead atoms. The van der Waals surface area contributed by atoms with Crippen molar-refractivity contribution in [1.29, 1.82) is 0 Å². The molecule has 1 amide bonds. The minimum absolute atomic E-state index is 0.140. The van der Waals surface area contributed by atoms with Gasteiger partial charge in [0.1, 0.15) is 5.82 Å². The van der Waals surface area contributed by atoms with Gasteiger partial charge < -0.3 is 10.6 Å². The maximum Gasteiger partial charge on any atom is 0.258 e. The van der Waals surface area contributed by atoms with Crippen LogP contribution in [0.25, 0.3) is 11.1 Å². The lowest BCUT2D eigenvalue weighted by molar-refractivity contribution is 0.0625. The van der Waals surface area contributed by atoms with Crippen molar-refractivity contribution in [3.63, 3.8) is 0 Å². The van der Waals surface area contributed by atoms with Crippen molar-refractivity contribution in [2.24, 2.45) is 0 Å². The van der Waals surface area contributed by atoms with Gasteiger partial charge >= 0.3 is 0 Å². The summed E-state index contributed by atoms with van der Waals surface area (Å²) in [6.07, 6.45) is 3.82. The van der Waals surface area contributed by atoms with E-state index in [4.69, 9.17) is 5.73 Å². The molecule has 1 atom stereocenters. The van der Waals surface area contributed by atoms with Crippen LogP contribution in [-0.2, 0) is 13.0 Å². The van der Waals surface area contributed by atoms with Crippen molar-refractivity contribution in [3.05, 3.63) is 107 Å². The lowest BCUT2D eigenvalue weighted by Gasteiger charge is -2.38. The number of nitrogens with zero attached hydrogens (tertiary/aromatic N) is 4. The van der Waals surface area contributed by atoms with Crippen LogP contribution in [0.4, 0.5) is 10.3 Å². The molecule has 0 unspecified atom stereocenters. The van der Waals surface area contributed by atoms with E-state index in [-0.39, 0.29) is 23.7 Å². The van der Waals surface area contributed by atoms with Crippen molar-refractivity contribution < 1.29 is 9.18 Å². The van der Waals surface area contributed by atoms with Gasteiger partial charge in [-0.1, -0.05) is 42.5 Å². The van der Waals surface area contributed by atoms with Crippen LogP contribution in [0.2, 0.25) is 0 Å². The van der Waals surface area contributed by atoms with Crippen LogP contribution in [0.3, 0.4) is 0 Å². The Morgan fingerprint density at radius 3 is 2.67 bits per heavy atom. The Balaban J connectivity index is 1.68. The molecule has 1 aliphatic rings. The minimum Gasteiger partial charge on any atom is -0.368 e. The van der Waals surface area contributed by atoms with Crippen LogP contribution in [0, 0.1) is 12.7 Å². The van der Waals surface area contributed by atoms with Crippen LogP contribution < -0.4 is 5.73 Å². The van der Waals surface area contributed by atoms with Crippen molar-refractivity contribution in [2.45, 2.75) is 25.9 Å². The summed E-state index contributed by atoms with van der Waals surface area (Å²) in [5.74, 6) is -0.373. The lowest BCUT2D eigenvalue weighted by atomic mass is 9.87. The maximum absolute atomic E-state index is 14.3. The number of aromatic nitrogens is 3. The van der Waals surface area contributed by atoms with E-state index in [1.807, 2.05) is 47.4 Å². The maximum atomic E-state index is 14.3. The van der Waals surface area contributed by atoms with E-state index in [2.05, 4.69) is 15.0 Å². The number of halogens is 1. The first-order valence-corrected chi connectivity index (χ1v) is 10.7. The summed E-state index contributed by atoms with van der Waals surface area (Å²) in [7, 11) is 0. The fraction of sp³-hybridized carbons (Fsp3) is 0.154. The number of nitrogen functional groups attached to an aromatic ring is 1. The van der Waals surface area contributed by atoms with Crippen LogP contribution in [-0.4, -0.2) is 25.8 Å². The van der Waals surface area contributed by atoms with Crippen LogP contribution in [0.1, 0.15) is 38.9 Å². The average molecular weight is 439 g/mol. The quantitative estimate of drug-likeness (QED) is 0.506. The number of anilines is 1. The first kappa shape index (κ1) is 20.8. The Bertz CT molecular complexity index is 1330. The van der Waals surface area contributed by atoms with E-state index in [9.17, 15) is 9.18 Å². The Hall–Kier alpha value is -4.13. The zero-order valence-electron chi connectivity index (χ0n) is 18.1. The Morgan fingerprint density at radius 1 is 1.09 bits per heavy atom. The average Bonchev–Trinajstić information content (AvgIpc) is 2.81. The number of aryl methyl sites for hydroxylation is 1. The van der Waals surface area contributed by atoms with E-state index < -0.39 is 0 Å². The second kappa shape index (κ2) is 8.43. The predicted molar refractivity (Wildman–Crippen MR) is 124 cm³/mol. The summed E-state index contributed by atoms with van der Waals surface area (Å²) in [6, 6.07) is 17.8. The van der Waals surface area contributed by atoms with Gasteiger partial charge in [0.25, 0.3) is 5.91 Å². The molecule has 2 aromatic carbocycles. The van der Waals surface area contributed by atoms with Crippen molar-refractivity contribution >= 4 is 11.9 Å². The fourth-order valence-corrected chi connectivity index (χ4v) is 4.49. The number of hydrogen-bond acceptors (Lipinski definition) is 5. The predicted octanol–water partition coefficient (Wildman–Crippen LogP) is 4.51. The highest BCUT2D eigenvalue weighted by molar-refractivity contribution is 5.98. The second-order valence-electron chi connectivity index (χ2n) is 8.10. The lowest BCUT2D eigenvalue weighted by Crippen LogP contribution is -2.41. The van der Waals surface area contributed by atoms with Gasteiger partial charge in [-0.3, -0.25) is 9.78 Å². The smallest absolute Gasteiger partial charge is 0.258 e. The number of pyridine rings is 1. The fourth-order valence-electron chi connectivity index (χ4n) is 4.49. The van der Waals surface area contributed by atoms with Crippen molar-refractivity contribution in [2.75, 3.05) is 5.73 Å². The number of fused-ring (bicyclic) bond motifs is 1. The Labute approximate surface area is 191 Å². The standard InChI is InChI=1S/C26H22FN5O/c1-16-24-22(31-26(28)30-16)13-23(32(25(24)33)15-17-6-3-2-4-7-17)20-10-9-19(27)12-21(20)18-8-5-11-29-14-18/h2-12,14,23H,13,15H2,1H3,(H2,28,30,31)/t23-/m1/s1. The highest BCUT2D eigenvalue weighted by Crippen LogP contribution is 2.39. The van der Waals surface area contributed by atoms with Gasteiger partial charge in [-0.25, -0.2) is 14.4 Å². The van der Waals surface area contributed by atoms with E-state index in [1.54, 1.807) is 25.4 Å². The summed E-state index contributed by atoms with van der Waals surface area (Å²) < 4.78 is 14.3. The molecule has 2 N–H and O–H groups in total. The third-order valence-electron chi connectivity index (χ3n) is 5.96. The van der Waals surface area contributed by atoms with E-state index in [0.29, 0.717) is 35.5 Å². The molecule has 0 spiro atoms. The van der Waals surface area contributed by atoms with Gasteiger partial charge in [-0.2, -0.15) is 0 Å². The van der Waals surface area contributed by atoms with Crippen molar-refractivity contribution in [1.82, 2.24) is 19.9 Å². The second-order valence-corrected chi connectivity index (χ2v) is 8.10. The van der Waals surface area contributed by atoms with Gasteiger partial charge in [-0.05, 0) is 41.8 Å². The van der Waals surface area contributed by atoms with Gasteiger partial charge in [0.05, 0.1) is 23.0 Å². The van der Waals surface area contributed by atoms with Gasteiger partial charge in [0.15, 0.2) is 0 Å². The molecule has 7 heteroatoms. The summed E-state index contributed by atoms with van der Waals surface area (Å²) >= 11 is 0. The highest BCUT2D eigenvalue weighted by Gasteiger charge is 2.37. The monoisotopic (exact) mass is 439 g/mol. The third-order valence-corrected chi connectivity index (χ3v) is 5.96. The van der Waals surface area contributed by atoms with E-state index in [0.717, 1.165) is 16.7 Å². The van der Waals surface area contributed by atoms with Gasteiger partial charge in [-0.15, -0.1) is 0 Å². The number of carbonyl (C=O) groups is 1. The number of carbonyl (C=O) groups excluding carboxylic acids is 1. The van der Waals surface area contributed by atoms with Crippen molar-refractivity contribution in [3.8, 4) is 11.1 Å². The molecule has 1 aliphatic heterocycles.